The van der Waals surface area contributed by atoms with E-state index in [4.69, 9.17) is 4.74 Å². The summed E-state index contributed by atoms with van der Waals surface area (Å²) in [5, 5.41) is 10.2. The van der Waals surface area contributed by atoms with Gasteiger partial charge in [-0.15, -0.1) is 6.58 Å². The van der Waals surface area contributed by atoms with Gasteiger partial charge in [-0.3, -0.25) is 4.79 Å². The maximum Gasteiger partial charge on any atom is 0.142 e. The molecule has 0 saturated carbocycles. The molecule has 23 heavy (non-hydrogen) atoms. The normalized spacial score (nSPS) is 10.7. The number of benzene rings is 2. The average Bonchev–Trinajstić information content (AvgIpc) is 2.57. The molecule has 0 saturated heterocycles. The van der Waals surface area contributed by atoms with Crippen molar-refractivity contribution in [1.29, 1.82) is 0 Å². The van der Waals surface area contributed by atoms with E-state index in [1.54, 1.807) is 19.3 Å². The summed E-state index contributed by atoms with van der Waals surface area (Å²) in [4.78, 5) is 10.4. The Kier molecular flexibility index (Phi) is 5.75. The van der Waals surface area contributed by atoms with Crippen molar-refractivity contribution in [3.63, 3.8) is 0 Å². The molecule has 3 heteroatoms. The lowest BCUT2D eigenvalue weighted by Crippen LogP contribution is -1.93. The lowest BCUT2D eigenvalue weighted by Gasteiger charge is -2.12. The summed E-state index contributed by atoms with van der Waals surface area (Å²) >= 11 is 0. The molecule has 1 N–H and O–H groups in total. The predicted molar refractivity (Wildman–Crippen MR) is 92.9 cm³/mol. The third kappa shape index (κ3) is 4.10. The van der Waals surface area contributed by atoms with Crippen LogP contribution in [0.25, 0.3) is 11.1 Å². The van der Waals surface area contributed by atoms with Crippen molar-refractivity contribution in [2.24, 2.45) is 0 Å². The first-order chi connectivity index (χ1) is 11.2. The van der Waals surface area contributed by atoms with E-state index in [9.17, 15) is 9.90 Å². The molecule has 0 amide bonds. The van der Waals surface area contributed by atoms with E-state index in [0.29, 0.717) is 6.42 Å². The number of hydrogen-bond acceptors (Lipinski definition) is 3. The number of aldehydes is 1. The zero-order valence-electron chi connectivity index (χ0n) is 13.2. The second kappa shape index (κ2) is 7.99. The maximum absolute atomic E-state index is 10.4. The van der Waals surface area contributed by atoms with Crippen molar-refractivity contribution in [2.45, 2.75) is 12.8 Å². The molecule has 0 fully saturated rings. The molecular formula is C20H20O3. The summed E-state index contributed by atoms with van der Waals surface area (Å²) in [6, 6.07) is 11.3. The second-order valence-electron chi connectivity index (χ2n) is 5.14. The lowest BCUT2D eigenvalue weighted by atomic mass is 9.97. The van der Waals surface area contributed by atoms with E-state index >= 15 is 0 Å². The van der Waals surface area contributed by atoms with E-state index < -0.39 is 0 Å². The molecule has 0 heterocycles. The van der Waals surface area contributed by atoms with Gasteiger partial charge in [-0.25, -0.2) is 0 Å². The fraction of sp³-hybridized carbons (Fsp3) is 0.150. The molecule has 0 bridgehead atoms. The molecule has 0 atom stereocenters. The Morgan fingerprint density at radius 3 is 2.70 bits per heavy atom. The summed E-state index contributed by atoms with van der Waals surface area (Å²) in [5.74, 6) is 0.989. The van der Waals surface area contributed by atoms with Crippen molar-refractivity contribution in [3.8, 4) is 22.6 Å². The lowest BCUT2D eigenvalue weighted by molar-refractivity contribution is -0.104. The number of methoxy groups -OCH3 is 1. The van der Waals surface area contributed by atoms with Gasteiger partial charge in [0.05, 0.1) is 7.11 Å². The Labute approximate surface area is 136 Å². The number of aromatic hydroxyl groups is 1. The van der Waals surface area contributed by atoms with Crippen LogP contribution in [0.5, 0.6) is 11.5 Å². The van der Waals surface area contributed by atoms with E-state index in [2.05, 4.69) is 6.58 Å². The Balaban J connectivity index is 2.45. The van der Waals surface area contributed by atoms with Crippen LogP contribution < -0.4 is 4.74 Å². The molecule has 0 radical (unpaired) electrons. The highest BCUT2D eigenvalue weighted by molar-refractivity contribution is 5.72. The molecule has 2 aromatic carbocycles. The van der Waals surface area contributed by atoms with Gasteiger partial charge >= 0.3 is 0 Å². The van der Waals surface area contributed by atoms with E-state index in [1.165, 1.54) is 6.08 Å². The highest BCUT2D eigenvalue weighted by Gasteiger charge is 2.09. The number of carbonyl (C=O) groups is 1. The summed E-state index contributed by atoms with van der Waals surface area (Å²) < 4.78 is 5.36. The largest absolute Gasteiger partial charge is 0.507 e. The summed E-state index contributed by atoms with van der Waals surface area (Å²) in [6.45, 7) is 3.74. The first-order valence-corrected chi connectivity index (χ1v) is 7.40. The molecule has 3 nitrogen and oxygen atoms in total. The Morgan fingerprint density at radius 2 is 2.00 bits per heavy atom. The number of hydrogen-bond donors (Lipinski definition) is 1. The smallest absolute Gasteiger partial charge is 0.142 e. The van der Waals surface area contributed by atoms with Gasteiger partial charge in [-0.05, 0) is 59.9 Å². The van der Waals surface area contributed by atoms with Gasteiger partial charge in [0, 0.05) is 5.56 Å². The number of rotatable bonds is 7. The predicted octanol–water partition coefficient (Wildman–Crippen LogP) is 4.09. The zero-order chi connectivity index (χ0) is 16.7. The summed E-state index contributed by atoms with van der Waals surface area (Å²) in [6.07, 6.45) is 7.17. The summed E-state index contributed by atoms with van der Waals surface area (Å²) in [7, 11) is 1.62. The van der Waals surface area contributed by atoms with Crippen LogP contribution in [0.4, 0.5) is 0 Å². The van der Waals surface area contributed by atoms with Gasteiger partial charge in [0.1, 0.15) is 17.8 Å². The van der Waals surface area contributed by atoms with Gasteiger partial charge < -0.3 is 9.84 Å². The third-order valence-corrected chi connectivity index (χ3v) is 3.58. The minimum absolute atomic E-state index is 0.234. The number of phenolic OH excluding ortho intramolecular Hbond substituents is 1. The van der Waals surface area contributed by atoms with Gasteiger partial charge in [0.15, 0.2) is 0 Å². The van der Waals surface area contributed by atoms with Crippen molar-refractivity contribution in [2.75, 3.05) is 7.11 Å². The number of phenols is 1. The first-order valence-electron chi connectivity index (χ1n) is 7.40. The first kappa shape index (κ1) is 16.6. The molecule has 0 unspecified atom stereocenters. The van der Waals surface area contributed by atoms with Crippen LogP contribution in [-0.4, -0.2) is 18.5 Å². The molecular weight excluding hydrogens is 288 g/mol. The van der Waals surface area contributed by atoms with Gasteiger partial charge in [-0.1, -0.05) is 24.3 Å². The SMILES string of the molecule is C=CCc1ccc(O)c(-c2ccc(OC)c(CC=CC=O)c2)c1. The summed E-state index contributed by atoms with van der Waals surface area (Å²) in [5.41, 5.74) is 3.72. The molecule has 0 spiro atoms. The van der Waals surface area contributed by atoms with Gasteiger partial charge in [0.2, 0.25) is 0 Å². The van der Waals surface area contributed by atoms with Crippen molar-refractivity contribution in [3.05, 3.63) is 72.3 Å². The maximum atomic E-state index is 10.4. The topological polar surface area (TPSA) is 46.5 Å². The zero-order valence-corrected chi connectivity index (χ0v) is 13.2. The molecule has 2 rings (SSSR count). The minimum atomic E-state index is 0.234. The van der Waals surface area contributed by atoms with E-state index in [0.717, 1.165) is 40.7 Å². The Morgan fingerprint density at radius 1 is 1.17 bits per heavy atom. The second-order valence-corrected chi connectivity index (χ2v) is 5.14. The Hall–Kier alpha value is -2.81. The van der Waals surface area contributed by atoms with Crippen molar-refractivity contribution < 1.29 is 14.6 Å². The number of ether oxygens (including phenoxy) is 1. The number of carbonyl (C=O) groups excluding carboxylic acids is 1. The Bertz CT molecular complexity index is 730. The van der Waals surface area contributed by atoms with Gasteiger partial charge in [0.25, 0.3) is 0 Å². The molecule has 2 aromatic rings. The average molecular weight is 308 g/mol. The van der Waals surface area contributed by atoms with Crippen molar-refractivity contribution in [1.82, 2.24) is 0 Å². The molecule has 0 aromatic heterocycles. The number of allylic oxidation sites excluding steroid dienone is 3. The van der Waals surface area contributed by atoms with E-state index in [1.807, 2.05) is 36.4 Å². The molecule has 0 aliphatic carbocycles. The van der Waals surface area contributed by atoms with Crippen molar-refractivity contribution >= 4 is 6.29 Å². The molecule has 118 valence electrons. The highest BCUT2D eigenvalue weighted by Crippen LogP contribution is 2.33. The van der Waals surface area contributed by atoms with Crippen LogP contribution in [0.1, 0.15) is 11.1 Å². The van der Waals surface area contributed by atoms with Crippen LogP contribution in [0.3, 0.4) is 0 Å². The molecule has 0 aliphatic heterocycles. The third-order valence-electron chi connectivity index (χ3n) is 3.58. The van der Waals surface area contributed by atoms with E-state index in [-0.39, 0.29) is 5.75 Å². The van der Waals surface area contributed by atoms with Crippen LogP contribution in [0.15, 0.2) is 61.2 Å². The highest BCUT2D eigenvalue weighted by atomic mass is 16.5. The molecule has 0 aliphatic rings. The monoisotopic (exact) mass is 308 g/mol. The quantitative estimate of drug-likeness (QED) is 0.476. The fourth-order valence-corrected chi connectivity index (χ4v) is 2.46. The van der Waals surface area contributed by atoms with Crippen LogP contribution in [-0.2, 0) is 17.6 Å². The van der Waals surface area contributed by atoms with Crippen LogP contribution in [0.2, 0.25) is 0 Å². The van der Waals surface area contributed by atoms with Gasteiger partial charge in [-0.2, -0.15) is 0 Å². The minimum Gasteiger partial charge on any atom is -0.507 e. The standard InChI is InChI=1S/C20H20O3/c1-3-6-15-8-10-19(22)18(13-15)16-9-11-20(23-2)17(14-16)7-4-5-12-21/h3-5,8-14,22H,1,6-7H2,2H3. The fourth-order valence-electron chi connectivity index (χ4n) is 2.46. The van der Waals surface area contributed by atoms with Crippen LogP contribution >= 0.6 is 0 Å². The van der Waals surface area contributed by atoms with Crippen LogP contribution in [0, 0.1) is 0 Å².